The van der Waals surface area contributed by atoms with Gasteiger partial charge in [0.15, 0.2) is 23.0 Å². The van der Waals surface area contributed by atoms with E-state index < -0.39 is 33.8 Å². The molecule has 3 N–H and O–H groups in total. The molecule has 14 nitrogen and oxygen atoms in total. The van der Waals surface area contributed by atoms with Crippen LogP contribution in [-0.2, 0) is 26.0 Å². The summed E-state index contributed by atoms with van der Waals surface area (Å²) in [6.07, 6.45) is 5.27. The minimum atomic E-state index is -3.89. The first kappa shape index (κ1) is 35.7. The minimum absolute atomic E-state index is 0.00724. The van der Waals surface area contributed by atoms with Gasteiger partial charge in [-0.15, -0.1) is 0 Å². The first-order chi connectivity index (χ1) is 25.0. The number of ether oxygens (including phenoxy) is 1. The lowest BCUT2D eigenvalue weighted by molar-refractivity contribution is -0.137. The molecule has 0 unspecified atom stereocenters. The summed E-state index contributed by atoms with van der Waals surface area (Å²) in [7, 11) is -2.63. The van der Waals surface area contributed by atoms with E-state index >= 15 is 0 Å². The Hall–Kier alpha value is -4.71. The minimum Gasteiger partial charge on any atom is -0.494 e. The third kappa shape index (κ3) is 6.57. The number of amides is 2. The first-order valence-electron chi connectivity index (χ1n) is 17.2. The molecule has 3 fully saturated rings. The van der Waals surface area contributed by atoms with Crippen molar-refractivity contribution in [3.8, 4) is 17.0 Å². The number of methoxy groups -OCH3 is 1. The number of hydrogen-bond donors (Lipinski definition) is 3. The zero-order chi connectivity index (χ0) is 36.7. The van der Waals surface area contributed by atoms with E-state index in [2.05, 4.69) is 20.6 Å². The third-order valence-corrected chi connectivity index (χ3v) is 12.1. The maximum Gasteiger partial charge on any atom is 0.243 e. The Bertz CT molecular complexity index is 2120. The molecule has 5 heterocycles. The lowest BCUT2D eigenvalue weighted by Gasteiger charge is -2.35. The van der Waals surface area contributed by atoms with Crippen LogP contribution in [0.3, 0.4) is 0 Å². The molecule has 0 saturated carbocycles. The van der Waals surface area contributed by atoms with Gasteiger partial charge in [0, 0.05) is 69.5 Å². The molecule has 3 aliphatic heterocycles. The van der Waals surface area contributed by atoms with E-state index in [0.29, 0.717) is 67.3 Å². The van der Waals surface area contributed by atoms with Crippen LogP contribution in [0.1, 0.15) is 25.3 Å². The molecular weight excluding hydrogens is 698 g/mol. The highest BCUT2D eigenvalue weighted by molar-refractivity contribution is 7.89. The molecule has 2 aromatic heterocycles. The summed E-state index contributed by atoms with van der Waals surface area (Å²) < 4.78 is 65.0. The lowest BCUT2D eigenvalue weighted by atomic mass is 10.1. The molecule has 3 aliphatic rings. The smallest absolute Gasteiger partial charge is 0.243 e. The van der Waals surface area contributed by atoms with Gasteiger partial charge in [-0.05, 0) is 55.2 Å². The number of sulfonamides is 1. The number of fused-ring (bicyclic) bond motifs is 1. The quantitative estimate of drug-likeness (QED) is 0.233. The molecule has 4 aromatic rings. The zero-order valence-corrected chi connectivity index (χ0v) is 29.6. The van der Waals surface area contributed by atoms with Gasteiger partial charge in [0.25, 0.3) is 0 Å². The van der Waals surface area contributed by atoms with Crippen LogP contribution in [0.5, 0.6) is 5.75 Å². The fourth-order valence-corrected chi connectivity index (χ4v) is 8.95. The van der Waals surface area contributed by atoms with Crippen molar-refractivity contribution in [2.75, 3.05) is 58.2 Å². The molecule has 52 heavy (non-hydrogen) atoms. The van der Waals surface area contributed by atoms with Crippen LogP contribution >= 0.6 is 0 Å². The summed E-state index contributed by atoms with van der Waals surface area (Å²) in [4.78, 5) is 38.5. The van der Waals surface area contributed by atoms with Gasteiger partial charge in [0.1, 0.15) is 0 Å². The Kier molecular flexibility index (Phi) is 9.86. The molecule has 2 aromatic carbocycles. The van der Waals surface area contributed by atoms with Crippen molar-refractivity contribution in [2.45, 2.75) is 43.2 Å². The second-order valence-corrected chi connectivity index (χ2v) is 15.1. The summed E-state index contributed by atoms with van der Waals surface area (Å²) in [5.74, 6) is -2.58. The van der Waals surface area contributed by atoms with E-state index in [-0.39, 0.29) is 60.1 Å². The van der Waals surface area contributed by atoms with Crippen molar-refractivity contribution in [3.63, 3.8) is 0 Å². The summed E-state index contributed by atoms with van der Waals surface area (Å²) in [5.41, 5.74) is 1.78. The van der Waals surface area contributed by atoms with Gasteiger partial charge in [0.05, 0.1) is 42.0 Å². The van der Waals surface area contributed by atoms with Crippen LogP contribution in [0, 0.1) is 17.6 Å². The number of carbonyl (C=O) groups is 2. The van der Waals surface area contributed by atoms with Gasteiger partial charge in [-0.25, -0.2) is 22.8 Å². The van der Waals surface area contributed by atoms with Crippen LogP contribution < -0.4 is 15.4 Å². The first-order valence-corrected chi connectivity index (χ1v) is 18.7. The maximum atomic E-state index is 14.9. The van der Waals surface area contributed by atoms with Gasteiger partial charge >= 0.3 is 0 Å². The van der Waals surface area contributed by atoms with Gasteiger partial charge in [-0.2, -0.15) is 8.70 Å². The fraction of sp³-hybridized carbons (Fsp3) is 0.429. The second-order valence-electron chi connectivity index (χ2n) is 13.2. The number of aromatic nitrogens is 3. The molecule has 3 saturated heterocycles. The Balaban J connectivity index is 1.01. The van der Waals surface area contributed by atoms with Crippen molar-refractivity contribution in [3.05, 3.63) is 66.1 Å². The van der Waals surface area contributed by atoms with Crippen molar-refractivity contribution < 1.29 is 36.6 Å². The number of β-amino-alcohol motifs (C(OH)–C–C–N with tert-alkyl or cyclic N) is 1. The topological polar surface area (TPSA) is 162 Å². The molecule has 276 valence electrons. The van der Waals surface area contributed by atoms with Crippen molar-refractivity contribution >= 4 is 39.0 Å². The normalized spacial score (nSPS) is 21.2. The Morgan fingerprint density at radius 2 is 1.83 bits per heavy atom. The molecule has 0 spiro atoms. The molecule has 7 rings (SSSR count). The SMILES string of the molecule is CCc1cc(Nc2nccn3c(-c4ccc(OC)c(F)c4F)cnc23)ccc1S(=O)(=O)N1CCN(C(=O)[C@@H]2CCN(C(=O)[C@@H]3C[C@@H](O)CN3)C2)CC1. The van der Waals surface area contributed by atoms with Gasteiger partial charge in [0.2, 0.25) is 27.7 Å². The monoisotopic (exact) mass is 738 g/mol. The number of nitrogens with one attached hydrogen (secondary N) is 2. The van der Waals surface area contributed by atoms with E-state index in [1.165, 1.54) is 35.9 Å². The average Bonchev–Trinajstić information content (AvgIpc) is 3.93. The number of benzene rings is 2. The number of nitrogens with zero attached hydrogens (tertiary/aromatic N) is 6. The molecule has 0 aliphatic carbocycles. The molecule has 3 atom stereocenters. The van der Waals surface area contributed by atoms with E-state index in [0.717, 1.165) is 0 Å². The number of aliphatic hydroxyl groups excluding tert-OH is 1. The number of halogens is 2. The number of piperazine rings is 1. The van der Waals surface area contributed by atoms with Crippen LogP contribution in [0.15, 0.2) is 53.8 Å². The van der Waals surface area contributed by atoms with Gasteiger partial charge in [-0.1, -0.05) is 6.92 Å². The number of aliphatic hydroxyl groups is 1. The van der Waals surface area contributed by atoms with Crippen LogP contribution in [0.4, 0.5) is 20.3 Å². The number of anilines is 2. The largest absolute Gasteiger partial charge is 0.494 e. The van der Waals surface area contributed by atoms with Crippen molar-refractivity contribution in [2.24, 2.45) is 5.92 Å². The molecular formula is C35H40F2N8O6S. The van der Waals surface area contributed by atoms with Crippen LogP contribution in [0.2, 0.25) is 0 Å². The fourth-order valence-electron chi connectivity index (χ4n) is 7.25. The number of aryl methyl sites for hydroxylation is 1. The number of rotatable bonds is 9. The summed E-state index contributed by atoms with van der Waals surface area (Å²) in [6.45, 7) is 3.80. The van der Waals surface area contributed by atoms with E-state index in [9.17, 15) is 31.9 Å². The van der Waals surface area contributed by atoms with E-state index in [1.54, 1.807) is 38.6 Å². The number of hydrogen-bond acceptors (Lipinski definition) is 10. The Morgan fingerprint density at radius 1 is 1.04 bits per heavy atom. The van der Waals surface area contributed by atoms with Gasteiger partial charge in [-0.3, -0.25) is 14.0 Å². The van der Waals surface area contributed by atoms with Crippen molar-refractivity contribution in [1.82, 2.24) is 33.8 Å². The van der Waals surface area contributed by atoms with E-state index in [1.807, 2.05) is 6.92 Å². The predicted molar refractivity (Wildman–Crippen MR) is 186 cm³/mol. The lowest BCUT2D eigenvalue weighted by Crippen LogP contribution is -2.52. The molecule has 17 heteroatoms. The highest BCUT2D eigenvalue weighted by Gasteiger charge is 2.39. The standard InChI is InChI=1S/C35H40F2N8O6S/c1-3-21-16-23(41-32-33-40-19-27(45(33)11-9-38-32)25-5-6-28(51-2)31(37)30(25)36)4-7-29(21)52(49,50)44-14-12-42(13-15-44)34(47)22-8-10-43(20-22)35(48)26-17-24(46)18-39-26/h4-7,9,11,16,19,22,24,26,39,46H,3,8,10,12-15,17-18,20H2,1-2H3,(H,38,41)/t22-,24-,26+/m1/s1. The predicted octanol–water partition coefficient (Wildman–Crippen LogP) is 2.39. The van der Waals surface area contributed by atoms with Crippen LogP contribution in [0.25, 0.3) is 16.9 Å². The number of likely N-dealkylation sites (tertiary alicyclic amines) is 1. The molecule has 0 bridgehead atoms. The van der Waals surface area contributed by atoms with Gasteiger partial charge < -0.3 is 30.3 Å². The summed E-state index contributed by atoms with van der Waals surface area (Å²) in [5, 5.41) is 16.0. The highest BCUT2D eigenvalue weighted by Crippen LogP contribution is 2.33. The maximum absolute atomic E-state index is 14.9. The second kappa shape index (κ2) is 14.4. The zero-order valence-electron chi connectivity index (χ0n) is 28.8. The number of carbonyl (C=O) groups excluding carboxylic acids is 2. The average molecular weight is 739 g/mol. The Labute approximate surface area is 299 Å². The van der Waals surface area contributed by atoms with Crippen molar-refractivity contribution in [1.29, 1.82) is 0 Å². The highest BCUT2D eigenvalue weighted by atomic mass is 32.2. The summed E-state index contributed by atoms with van der Waals surface area (Å²) in [6, 6.07) is 7.23. The van der Waals surface area contributed by atoms with Crippen LogP contribution in [-0.4, -0.2) is 119 Å². The number of imidazole rings is 1. The summed E-state index contributed by atoms with van der Waals surface area (Å²) >= 11 is 0. The Morgan fingerprint density at radius 3 is 2.54 bits per heavy atom. The molecule has 0 radical (unpaired) electrons. The van der Waals surface area contributed by atoms with E-state index in [4.69, 9.17) is 4.74 Å². The third-order valence-electron chi connectivity index (χ3n) is 10.1. The molecule has 2 amide bonds.